The first kappa shape index (κ1) is 44.1. The van der Waals surface area contributed by atoms with E-state index < -0.39 is 0 Å². The second-order valence-corrected chi connectivity index (χ2v) is 25.4. The Morgan fingerprint density at radius 3 is 1.48 bits per heavy atom. The third-order valence-corrected chi connectivity index (χ3v) is 14.4. The molecule has 1 aliphatic carbocycles. The number of benzene rings is 5. The van der Waals surface area contributed by atoms with Crippen LogP contribution in [0.2, 0.25) is 0 Å². The van der Waals surface area contributed by atoms with Crippen LogP contribution in [0, 0.1) is 5.41 Å². The highest BCUT2D eigenvalue weighted by molar-refractivity contribution is 7.00. The molecule has 0 N–H and O–H groups in total. The Morgan fingerprint density at radius 2 is 0.938 bits per heavy atom. The minimum atomic E-state index is -0.214. The Hall–Kier alpha value is -5.09. The lowest BCUT2D eigenvalue weighted by molar-refractivity contribution is 0.392. The van der Waals surface area contributed by atoms with Crippen LogP contribution in [0.5, 0.6) is 0 Å². The van der Waals surface area contributed by atoms with Gasteiger partial charge in [-0.05, 0) is 138 Å². The number of hydrogen-bond acceptors (Lipinski definition) is 3. The van der Waals surface area contributed by atoms with Gasteiger partial charge in [-0.15, -0.1) is 0 Å². The topological polar surface area (TPSA) is 19.4 Å². The summed E-state index contributed by atoms with van der Waals surface area (Å²) in [4.78, 5) is 11.1. The predicted molar refractivity (Wildman–Crippen MR) is 278 cm³/mol. The third kappa shape index (κ3) is 7.61. The SMILES string of the molecule is CC1(C)Cc2cc3c(cc2C1)N(c1ccc(C(C)(C)C)cc1-c1ccc(C(C)(C)C)cc1)c1nc(C(C)(C)C)cc2c1B3c1cc(C(C)(C)C)ccc1N2c1ccc(C(C)(C)C)cc1. The first-order chi connectivity index (χ1) is 29.6. The van der Waals surface area contributed by atoms with Gasteiger partial charge in [-0.25, -0.2) is 4.98 Å². The summed E-state index contributed by atoms with van der Waals surface area (Å²) in [6.45, 7) is 39.7. The summed E-state index contributed by atoms with van der Waals surface area (Å²) in [7, 11) is 0. The molecule has 2 aliphatic heterocycles. The van der Waals surface area contributed by atoms with E-state index in [1.165, 1.54) is 89.3 Å². The average molecular weight is 846 g/mol. The maximum atomic E-state index is 5.93. The van der Waals surface area contributed by atoms with E-state index in [1.54, 1.807) is 0 Å². The number of nitrogens with zero attached hydrogens (tertiary/aromatic N) is 3. The second-order valence-electron chi connectivity index (χ2n) is 25.4. The van der Waals surface area contributed by atoms with Crippen LogP contribution in [-0.2, 0) is 39.9 Å². The van der Waals surface area contributed by atoms with Crippen molar-refractivity contribution in [3.8, 4) is 11.1 Å². The molecule has 3 aliphatic rings. The van der Waals surface area contributed by atoms with Gasteiger partial charge in [0.05, 0.1) is 11.4 Å². The van der Waals surface area contributed by atoms with Crippen LogP contribution in [0.15, 0.2) is 103 Å². The van der Waals surface area contributed by atoms with E-state index >= 15 is 0 Å². The molecule has 3 nitrogen and oxygen atoms in total. The summed E-state index contributed by atoms with van der Waals surface area (Å²) < 4.78 is 0. The highest BCUT2D eigenvalue weighted by Gasteiger charge is 2.47. The van der Waals surface area contributed by atoms with Gasteiger partial charge in [0.1, 0.15) is 5.82 Å². The van der Waals surface area contributed by atoms with Gasteiger partial charge in [-0.1, -0.05) is 178 Å². The van der Waals surface area contributed by atoms with Gasteiger partial charge in [0, 0.05) is 33.7 Å². The zero-order valence-electron chi connectivity index (χ0n) is 42.1. The average Bonchev–Trinajstić information content (AvgIpc) is 3.50. The molecule has 0 spiro atoms. The Labute approximate surface area is 386 Å². The van der Waals surface area contributed by atoms with E-state index in [1.807, 2.05) is 0 Å². The van der Waals surface area contributed by atoms with E-state index in [-0.39, 0.29) is 39.2 Å². The lowest BCUT2D eigenvalue weighted by atomic mass is 9.33. The standard InChI is InChI=1S/C60H72BN3/c1-55(2,3)40-20-18-37(19-21-40)45-32-42(57(7,8)9)24-28-48(45)64-50-31-39-36-60(16,17)35-38(39)30-46(50)61-47-33-43(58(10,11)12)25-29-49(47)63(44-26-22-41(23-27-44)56(4,5)6)51-34-52(59(13,14)15)62-54(64)53(51)61/h18-34H,35-36H2,1-17H3. The predicted octanol–water partition coefficient (Wildman–Crippen LogP) is 14.4. The molecule has 9 rings (SSSR count). The number of pyridine rings is 1. The molecule has 0 amide bonds. The molecule has 0 atom stereocenters. The van der Waals surface area contributed by atoms with Crippen molar-refractivity contribution in [1.82, 2.24) is 4.98 Å². The van der Waals surface area contributed by atoms with Crippen molar-refractivity contribution in [1.29, 1.82) is 0 Å². The van der Waals surface area contributed by atoms with E-state index in [9.17, 15) is 0 Å². The molecule has 64 heavy (non-hydrogen) atoms. The van der Waals surface area contributed by atoms with Crippen LogP contribution in [-0.4, -0.2) is 11.7 Å². The lowest BCUT2D eigenvalue weighted by Crippen LogP contribution is -2.62. The monoisotopic (exact) mass is 846 g/mol. The van der Waals surface area contributed by atoms with Crippen LogP contribution in [0.1, 0.15) is 157 Å². The van der Waals surface area contributed by atoms with Crippen molar-refractivity contribution in [2.45, 2.75) is 158 Å². The molecule has 4 heteroatoms. The zero-order valence-corrected chi connectivity index (χ0v) is 42.1. The van der Waals surface area contributed by atoms with Gasteiger partial charge in [0.15, 0.2) is 0 Å². The highest BCUT2D eigenvalue weighted by atomic mass is 15.2. The molecule has 6 aromatic rings. The van der Waals surface area contributed by atoms with Gasteiger partial charge >= 0.3 is 0 Å². The summed E-state index contributed by atoms with van der Waals surface area (Å²) in [6.07, 6.45) is 2.14. The van der Waals surface area contributed by atoms with Gasteiger partial charge in [-0.2, -0.15) is 0 Å². The molecule has 0 saturated heterocycles. The van der Waals surface area contributed by atoms with Crippen LogP contribution in [0.3, 0.4) is 0 Å². The zero-order chi connectivity index (χ0) is 46.3. The molecule has 0 saturated carbocycles. The molecule has 0 radical (unpaired) electrons. The van der Waals surface area contributed by atoms with Crippen molar-refractivity contribution in [3.05, 3.63) is 142 Å². The minimum absolute atomic E-state index is 0.00227. The van der Waals surface area contributed by atoms with Crippen molar-refractivity contribution >= 4 is 57.4 Å². The fourth-order valence-electron chi connectivity index (χ4n) is 10.5. The lowest BCUT2D eigenvalue weighted by Gasteiger charge is -2.45. The van der Waals surface area contributed by atoms with E-state index in [2.05, 4.69) is 231 Å². The first-order valence-corrected chi connectivity index (χ1v) is 23.9. The summed E-state index contributed by atoms with van der Waals surface area (Å²) in [5.41, 5.74) is 22.0. The van der Waals surface area contributed by atoms with Crippen molar-refractivity contribution < 1.29 is 0 Å². The third-order valence-electron chi connectivity index (χ3n) is 14.4. The Bertz CT molecular complexity index is 2810. The summed E-state index contributed by atoms with van der Waals surface area (Å²) in [5.74, 6) is 1.04. The van der Waals surface area contributed by atoms with Crippen molar-refractivity contribution in [2.24, 2.45) is 5.41 Å². The van der Waals surface area contributed by atoms with Gasteiger partial charge in [-0.3, -0.25) is 4.90 Å². The number of aromatic nitrogens is 1. The van der Waals surface area contributed by atoms with E-state index in [0.29, 0.717) is 0 Å². The van der Waals surface area contributed by atoms with Crippen molar-refractivity contribution in [2.75, 3.05) is 9.80 Å². The second kappa shape index (κ2) is 14.5. The van der Waals surface area contributed by atoms with Gasteiger partial charge in [0.25, 0.3) is 6.71 Å². The molecule has 1 aromatic heterocycles. The molecular weight excluding hydrogens is 773 g/mol. The number of hydrogen-bond donors (Lipinski definition) is 0. The van der Waals surface area contributed by atoms with Crippen LogP contribution < -0.4 is 26.2 Å². The first-order valence-electron chi connectivity index (χ1n) is 23.9. The maximum Gasteiger partial charge on any atom is 0.254 e. The maximum absolute atomic E-state index is 5.93. The quantitative estimate of drug-likeness (QED) is 0.165. The molecule has 5 aromatic carbocycles. The minimum Gasteiger partial charge on any atom is -0.311 e. The number of fused-ring (bicyclic) bond motifs is 5. The summed E-state index contributed by atoms with van der Waals surface area (Å²) in [6, 6.07) is 41.0. The molecule has 0 bridgehead atoms. The number of rotatable bonds is 3. The Balaban J connectivity index is 1.42. The number of anilines is 6. The fourth-order valence-corrected chi connectivity index (χ4v) is 10.5. The summed E-state index contributed by atoms with van der Waals surface area (Å²) >= 11 is 0. The fraction of sp³-hybridized carbons (Fsp3) is 0.417. The molecular formula is C60H72BN3. The van der Waals surface area contributed by atoms with Gasteiger partial charge in [0.2, 0.25) is 0 Å². The molecule has 3 heterocycles. The largest absolute Gasteiger partial charge is 0.311 e. The van der Waals surface area contributed by atoms with Crippen LogP contribution >= 0.6 is 0 Å². The normalized spacial score (nSPS) is 15.8. The van der Waals surface area contributed by atoms with Crippen LogP contribution in [0.4, 0.5) is 34.3 Å². The Morgan fingerprint density at radius 1 is 0.453 bits per heavy atom. The van der Waals surface area contributed by atoms with Gasteiger partial charge < -0.3 is 4.90 Å². The molecule has 330 valence electrons. The molecule has 0 unspecified atom stereocenters. The van der Waals surface area contributed by atoms with Crippen molar-refractivity contribution in [3.63, 3.8) is 0 Å². The van der Waals surface area contributed by atoms with E-state index in [0.717, 1.165) is 24.4 Å². The van der Waals surface area contributed by atoms with E-state index in [4.69, 9.17) is 4.98 Å². The van der Waals surface area contributed by atoms with Crippen LogP contribution in [0.25, 0.3) is 11.1 Å². The smallest absolute Gasteiger partial charge is 0.254 e. The molecule has 0 fully saturated rings. The Kier molecular flexibility index (Phi) is 9.97. The summed E-state index contributed by atoms with van der Waals surface area (Å²) in [5, 5.41) is 0. The highest BCUT2D eigenvalue weighted by Crippen LogP contribution is 2.50.